The third-order valence-corrected chi connectivity index (χ3v) is 8.40. The van der Waals surface area contributed by atoms with Crippen LogP contribution in [-0.4, -0.2) is 26.9 Å². The minimum Gasteiger partial charge on any atom is -0.462 e. The summed E-state index contributed by atoms with van der Waals surface area (Å²) >= 11 is 6.05. The number of nitrogens with one attached hydrogen (secondary N) is 1. The summed E-state index contributed by atoms with van der Waals surface area (Å²) in [6.45, 7) is 4.22. The van der Waals surface area contributed by atoms with Crippen LogP contribution >= 0.6 is 11.6 Å². The van der Waals surface area contributed by atoms with Crippen molar-refractivity contribution in [2.24, 2.45) is 0 Å². The number of hydrogen-bond donors (Lipinski definition) is 1. The number of sulfonamides is 1. The van der Waals surface area contributed by atoms with Crippen molar-refractivity contribution in [3.05, 3.63) is 124 Å². The molecule has 0 aliphatic heterocycles. The average Bonchev–Trinajstić information content (AvgIpc) is 2.97. The summed E-state index contributed by atoms with van der Waals surface area (Å²) in [5, 5.41) is 3.34. The van der Waals surface area contributed by atoms with E-state index in [0.717, 1.165) is 18.4 Å². The van der Waals surface area contributed by atoms with Gasteiger partial charge in [0.05, 0.1) is 34.9 Å². The van der Waals surface area contributed by atoms with Crippen molar-refractivity contribution in [1.29, 1.82) is 0 Å². The number of carbonyl (C=O) groups is 2. The first-order valence-corrected chi connectivity index (χ1v) is 15.0. The van der Waals surface area contributed by atoms with Gasteiger partial charge in [-0.05, 0) is 79.6 Å². The Bertz CT molecular complexity index is 1600. The maximum Gasteiger partial charge on any atom is 0.338 e. The van der Waals surface area contributed by atoms with Crippen LogP contribution in [0.1, 0.15) is 51.6 Å². The van der Waals surface area contributed by atoms with E-state index in [2.05, 4.69) is 5.32 Å². The van der Waals surface area contributed by atoms with Gasteiger partial charge in [0, 0.05) is 10.7 Å². The second kappa shape index (κ2) is 13.5. The molecule has 0 radical (unpaired) electrons. The molecule has 0 aliphatic carbocycles. The molecule has 0 atom stereocenters. The highest BCUT2D eigenvalue weighted by atomic mass is 35.5. The summed E-state index contributed by atoms with van der Waals surface area (Å²) in [5.74, 6) is -0.931. The molecule has 9 heteroatoms. The van der Waals surface area contributed by atoms with Gasteiger partial charge in [0.25, 0.3) is 15.9 Å². The monoisotopic (exact) mass is 590 g/mol. The lowest BCUT2D eigenvalue weighted by Gasteiger charge is -2.27. The van der Waals surface area contributed by atoms with Crippen molar-refractivity contribution in [3.63, 3.8) is 0 Å². The van der Waals surface area contributed by atoms with E-state index in [9.17, 15) is 18.0 Å². The number of carbonyl (C=O) groups excluding carboxylic acids is 2. The fraction of sp³-hybridized carbons (Fsp3) is 0.188. The van der Waals surface area contributed by atoms with Crippen LogP contribution in [0.5, 0.6) is 0 Å². The molecule has 4 rings (SSSR count). The van der Waals surface area contributed by atoms with Crippen LogP contribution in [0.2, 0.25) is 5.02 Å². The number of ether oxygens (including phenoxy) is 1. The van der Waals surface area contributed by atoms with Crippen molar-refractivity contribution in [3.8, 4) is 0 Å². The number of benzene rings is 4. The summed E-state index contributed by atoms with van der Waals surface area (Å²) in [7, 11) is -4.06. The predicted octanol–water partition coefficient (Wildman–Crippen LogP) is 7.25. The topological polar surface area (TPSA) is 92.8 Å². The molecule has 0 aromatic heterocycles. The second-order valence-electron chi connectivity index (χ2n) is 9.49. The molecule has 0 aliphatic rings. The van der Waals surface area contributed by atoms with Crippen molar-refractivity contribution in [1.82, 2.24) is 0 Å². The number of rotatable bonds is 11. The second-order valence-corrected chi connectivity index (χ2v) is 11.8. The van der Waals surface area contributed by atoms with E-state index in [4.69, 9.17) is 16.3 Å². The van der Waals surface area contributed by atoms with Crippen LogP contribution in [-0.2, 0) is 21.3 Å². The van der Waals surface area contributed by atoms with E-state index in [1.165, 1.54) is 4.31 Å². The van der Waals surface area contributed by atoms with Crippen LogP contribution in [0.25, 0.3) is 0 Å². The van der Waals surface area contributed by atoms with Gasteiger partial charge in [-0.1, -0.05) is 66.9 Å². The van der Waals surface area contributed by atoms with Crippen LogP contribution in [0.3, 0.4) is 0 Å². The fourth-order valence-corrected chi connectivity index (χ4v) is 5.65. The maximum atomic E-state index is 14.0. The molecule has 41 heavy (non-hydrogen) atoms. The van der Waals surface area contributed by atoms with E-state index < -0.39 is 21.9 Å². The maximum absolute atomic E-state index is 14.0. The van der Waals surface area contributed by atoms with Gasteiger partial charge in [0.15, 0.2) is 0 Å². The summed E-state index contributed by atoms with van der Waals surface area (Å²) in [6, 6.07) is 26.3. The molecule has 4 aromatic carbocycles. The lowest BCUT2D eigenvalue weighted by Crippen LogP contribution is -2.32. The van der Waals surface area contributed by atoms with Gasteiger partial charge in [-0.15, -0.1) is 0 Å². The number of nitrogens with zero attached hydrogens (tertiary/aromatic N) is 1. The molecule has 4 aromatic rings. The molecule has 0 fully saturated rings. The minimum absolute atomic E-state index is 0.0213. The molecule has 0 spiro atoms. The Kier molecular flexibility index (Phi) is 9.81. The third kappa shape index (κ3) is 7.54. The SMILES string of the molecule is CCCCOC(=O)c1ccc(NC(=O)c2ccccc2N(Cc2ccc(Cl)cc2)S(=O)(=O)c2ccc(C)cc2)cc1. The molecule has 0 saturated carbocycles. The number of para-hydroxylation sites is 1. The van der Waals surface area contributed by atoms with Gasteiger partial charge in [0.2, 0.25) is 0 Å². The summed E-state index contributed by atoms with van der Waals surface area (Å²) in [4.78, 5) is 25.8. The number of halogens is 1. The van der Waals surface area contributed by atoms with E-state index in [1.807, 2.05) is 13.8 Å². The summed E-state index contributed by atoms with van der Waals surface area (Å²) in [6.07, 6.45) is 1.71. The molecular weight excluding hydrogens is 560 g/mol. The highest BCUT2D eigenvalue weighted by Gasteiger charge is 2.28. The molecule has 0 unspecified atom stereocenters. The summed E-state index contributed by atoms with van der Waals surface area (Å²) in [5.41, 5.74) is 2.82. The van der Waals surface area contributed by atoms with E-state index in [0.29, 0.717) is 28.4 Å². The number of unbranched alkanes of at least 4 members (excludes halogenated alkanes) is 1. The lowest BCUT2D eigenvalue weighted by molar-refractivity contribution is 0.0499. The number of esters is 1. The highest BCUT2D eigenvalue weighted by molar-refractivity contribution is 7.92. The van der Waals surface area contributed by atoms with Crippen LogP contribution in [0.15, 0.2) is 102 Å². The minimum atomic E-state index is -4.06. The van der Waals surface area contributed by atoms with Gasteiger partial charge < -0.3 is 10.1 Å². The van der Waals surface area contributed by atoms with Crippen molar-refractivity contribution >= 4 is 44.9 Å². The number of amides is 1. The molecule has 0 saturated heterocycles. The first-order chi connectivity index (χ1) is 19.7. The number of hydrogen-bond acceptors (Lipinski definition) is 5. The Morgan fingerprint density at radius 2 is 1.54 bits per heavy atom. The molecule has 1 N–H and O–H groups in total. The van der Waals surface area contributed by atoms with Gasteiger partial charge in [-0.3, -0.25) is 9.10 Å². The van der Waals surface area contributed by atoms with Gasteiger partial charge in [-0.25, -0.2) is 13.2 Å². The Morgan fingerprint density at radius 3 is 2.20 bits per heavy atom. The van der Waals surface area contributed by atoms with Crippen LogP contribution in [0, 0.1) is 6.92 Å². The van der Waals surface area contributed by atoms with E-state index in [-0.39, 0.29) is 22.7 Å². The lowest BCUT2D eigenvalue weighted by atomic mass is 10.1. The highest BCUT2D eigenvalue weighted by Crippen LogP contribution is 2.30. The summed E-state index contributed by atoms with van der Waals surface area (Å²) < 4.78 is 34.4. The molecule has 0 heterocycles. The molecule has 0 bridgehead atoms. The van der Waals surface area contributed by atoms with Crippen LogP contribution in [0.4, 0.5) is 11.4 Å². The number of aryl methyl sites for hydroxylation is 1. The van der Waals surface area contributed by atoms with Gasteiger partial charge in [0.1, 0.15) is 0 Å². The standard InChI is InChI=1S/C32H31ClN2O5S/c1-3-4-21-40-32(37)25-13-17-27(18-14-25)34-31(36)29-7-5-6-8-30(29)35(22-24-11-15-26(33)16-12-24)41(38,39)28-19-9-23(2)10-20-28/h5-20H,3-4,21-22H2,1-2H3,(H,34,36). The van der Waals surface area contributed by atoms with Crippen molar-refractivity contribution < 1.29 is 22.7 Å². The Hall–Kier alpha value is -4.14. The van der Waals surface area contributed by atoms with E-state index >= 15 is 0 Å². The van der Waals surface area contributed by atoms with Gasteiger partial charge >= 0.3 is 5.97 Å². The zero-order chi connectivity index (χ0) is 29.4. The van der Waals surface area contributed by atoms with Crippen molar-refractivity contribution in [2.45, 2.75) is 38.1 Å². The fourth-order valence-electron chi connectivity index (χ4n) is 4.06. The molecule has 7 nitrogen and oxygen atoms in total. The Morgan fingerprint density at radius 1 is 0.878 bits per heavy atom. The van der Waals surface area contributed by atoms with E-state index in [1.54, 1.807) is 97.1 Å². The molecular formula is C32H31ClN2O5S. The normalized spacial score (nSPS) is 11.1. The Labute approximate surface area is 245 Å². The first-order valence-electron chi connectivity index (χ1n) is 13.2. The van der Waals surface area contributed by atoms with Crippen molar-refractivity contribution in [2.75, 3.05) is 16.2 Å². The molecule has 1 amide bonds. The number of anilines is 2. The zero-order valence-corrected chi connectivity index (χ0v) is 24.4. The Balaban J connectivity index is 1.65. The largest absolute Gasteiger partial charge is 0.462 e. The molecule has 212 valence electrons. The zero-order valence-electron chi connectivity index (χ0n) is 22.8. The first kappa shape index (κ1) is 29.8. The predicted molar refractivity (Wildman–Crippen MR) is 162 cm³/mol. The smallest absolute Gasteiger partial charge is 0.338 e. The quantitative estimate of drug-likeness (QED) is 0.147. The van der Waals surface area contributed by atoms with Crippen LogP contribution < -0.4 is 9.62 Å². The average molecular weight is 591 g/mol. The van der Waals surface area contributed by atoms with Gasteiger partial charge in [-0.2, -0.15) is 0 Å². The third-order valence-electron chi connectivity index (χ3n) is 6.38.